The maximum atomic E-state index is 2.56. The molecule has 1 heterocycles. The molecule has 0 atom stereocenters. The minimum atomic E-state index is -0.0777. The zero-order valence-corrected chi connectivity index (χ0v) is 53.5. The minimum absolute atomic E-state index is 0.00291. The normalized spacial score (nSPS) is 13.4. The van der Waals surface area contributed by atoms with Crippen LogP contribution in [0.3, 0.4) is 0 Å². The highest BCUT2D eigenvalue weighted by Crippen LogP contribution is 2.49. The molecule has 420 valence electrons. The molecular formula is C80H90N2. The highest BCUT2D eigenvalue weighted by Gasteiger charge is 2.29. The predicted molar refractivity (Wildman–Crippen MR) is 361 cm³/mol. The molecule has 2 nitrogen and oxygen atoms in total. The van der Waals surface area contributed by atoms with Gasteiger partial charge in [0.1, 0.15) is 0 Å². The summed E-state index contributed by atoms with van der Waals surface area (Å²) < 4.78 is 2.55. The summed E-state index contributed by atoms with van der Waals surface area (Å²) in [6.45, 7) is 49.0. The first-order valence-electron chi connectivity index (χ1n) is 30.2. The van der Waals surface area contributed by atoms with Gasteiger partial charge in [-0.05, 0) is 181 Å². The fourth-order valence-electron chi connectivity index (χ4n) is 12.4. The smallest absolute Gasteiger partial charge is 0.0541 e. The lowest BCUT2D eigenvalue weighted by Crippen LogP contribution is -2.19. The average molecular weight is 1080 g/mol. The van der Waals surface area contributed by atoms with Crippen molar-refractivity contribution in [3.8, 4) is 27.9 Å². The van der Waals surface area contributed by atoms with Crippen molar-refractivity contribution in [3.05, 3.63) is 203 Å². The van der Waals surface area contributed by atoms with Crippen LogP contribution in [0.1, 0.15) is 184 Å². The van der Waals surface area contributed by atoms with Gasteiger partial charge in [-0.15, -0.1) is 0 Å². The predicted octanol–water partition coefficient (Wildman–Crippen LogP) is 23.6. The van der Waals surface area contributed by atoms with Crippen LogP contribution in [-0.4, -0.2) is 4.57 Å². The second kappa shape index (κ2) is 19.2. The summed E-state index contributed by atoms with van der Waals surface area (Å²) in [6, 6.07) is 64.8. The summed E-state index contributed by atoms with van der Waals surface area (Å²) >= 11 is 0. The first-order chi connectivity index (χ1) is 38.1. The van der Waals surface area contributed by atoms with E-state index < -0.39 is 0 Å². The van der Waals surface area contributed by atoms with Gasteiger partial charge in [0, 0.05) is 32.9 Å². The second-order valence-electron chi connectivity index (χ2n) is 31.4. The van der Waals surface area contributed by atoms with Crippen LogP contribution in [-0.2, 0) is 37.9 Å². The summed E-state index contributed by atoms with van der Waals surface area (Å²) in [6.07, 6.45) is 0. The Kier molecular flexibility index (Phi) is 13.3. The molecule has 0 aliphatic carbocycles. The number of benzene rings is 10. The Hall–Kier alpha value is -7.16. The molecule has 0 aliphatic heterocycles. The third kappa shape index (κ3) is 10.2. The van der Waals surface area contributed by atoms with Crippen LogP contribution < -0.4 is 4.90 Å². The Balaban J connectivity index is 1.15. The number of rotatable bonds is 6. The molecule has 2 heteroatoms. The maximum Gasteiger partial charge on any atom is 0.0541 e. The number of fused-ring (bicyclic) bond motifs is 3. The van der Waals surface area contributed by atoms with E-state index in [1.54, 1.807) is 0 Å². The third-order valence-corrected chi connectivity index (χ3v) is 17.8. The summed E-state index contributed by atoms with van der Waals surface area (Å²) in [5, 5.41) is 10.2. The Morgan fingerprint density at radius 2 is 0.671 bits per heavy atom. The molecule has 0 fully saturated rings. The molecule has 11 rings (SSSR count). The van der Waals surface area contributed by atoms with Crippen LogP contribution >= 0.6 is 0 Å². The lowest BCUT2D eigenvalue weighted by molar-refractivity contribution is 0.568. The summed E-state index contributed by atoms with van der Waals surface area (Å²) in [4.78, 5) is 2.56. The molecule has 11 aromatic rings. The van der Waals surface area contributed by atoms with Gasteiger partial charge >= 0.3 is 0 Å². The van der Waals surface area contributed by atoms with Gasteiger partial charge in [0.15, 0.2) is 0 Å². The maximum absolute atomic E-state index is 2.56. The zero-order valence-electron chi connectivity index (χ0n) is 53.5. The molecule has 10 aromatic carbocycles. The Labute approximate surface area is 492 Å². The number of hydrogen-bond donors (Lipinski definition) is 0. The highest BCUT2D eigenvalue weighted by atomic mass is 15.1. The van der Waals surface area contributed by atoms with E-state index in [1.165, 1.54) is 127 Å². The van der Waals surface area contributed by atoms with Crippen molar-refractivity contribution in [2.75, 3.05) is 4.90 Å². The zero-order chi connectivity index (χ0) is 59.2. The molecule has 82 heavy (non-hydrogen) atoms. The highest BCUT2D eigenvalue weighted by molar-refractivity contribution is 6.27. The van der Waals surface area contributed by atoms with Crippen molar-refractivity contribution < 1.29 is 0 Å². The Bertz CT molecular complexity index is 4140. The van der Waals surface area contributed by atoms with E-state index >= 15 is 0 Å². The topological polar surface area (TPSA) is 8.17 Å². The first kappa shape index (κ1) is 56.7. The molecule has 0 bridgehead atoms. The first-order valence-corrected chi connectivity index (χ1v) is 30.2. The molecule has 0 saturated carbocycles. The van der Waals surface area contributed by atoms with Crippen molar-refractivity contribution in [2.24, 2.45) is 0 Å². The number of aromatic nitrogens is 1. The van der Waals surface area contributed by atoms with Crippen LogP contribution in [0.15, 0.2) is 164 Å². The van der Waals surface area contributed by atoms with Crippen molar-refractivity contribution in [1.82, 2.24) is 4.57 Å². The fourth-order valence-corrected chi connectivity index (χ4v) is 12.4. The van der Waals surface area contributed by atoms with Gasteiger partial charge < -0.3 is 9.47 Å². The summed E-state index contributed by atoms with van der Waals surface area (Å²) in [7, 11) is 0. The van der Waals surface area contributed by atoms with Crippen LogP contribution in [0.4, 0.5) is 17.1 Å². The largest absolute Gasteiger partial charge is 0.310 e. The van der Waals surface area contributed by atoms with Crippen LogP contribution in [0, 0.1) is 0 Å². The van der Waals surface area contributed by atoms with E-state index in [9.17, 15) is 0 Å². The van der Waals surface area contributed by atoms with Gasteiger partial charge in [-0.2, -0.15) is 0 Å². The molecular weight excluding hydrogens is 989 g/mol. The molecule has 0 unspecified atom stereocenters. The van der Waals surface area contributed by atoms with E-state index in [4.69, 9.17) is 0 Å². The van der Waals surface area contributed by atoms with E-state index in [-0.39, 0.29) is 37.9 Å². The van der Waals surface area contributed by atoms with Gasteiger partial charge in [-0.25, -0.2) is 0 Å². The molecule has 0 aliphatic rings. The van der Waals surface area contributed by atoms with Crippen molar-refractivity contribution in [2.45, 2.75) is 183 Å². The van der Waals surface area contributed by atoms with Gasteiger partial charge in [0.2, 0.25) is 0 Å². The number of hydrogen-bond acceptors (Lipinski definition) is 1. The average Bonchev–Trinajstić information content (AvgIpc) is 1.48. The lowest BCUT2D eigenvalue weighted by Gasteiger charge is -2.32. The third-order valence-electron chi connectivity index (χ3n) is 17.8. The van der Waals surface area contributed by atoms with E-state index in [2.05, 4.69) is 319 Å². The Morgan fingerprint density at radius 3 is 1.15 bits per heavy atom. The van der Waals surface area contributed by atoms with Gasteiger partial charge in [-0.3, -0.25) is 0 Å². The molecule has 0 amide bonds. The van der Waals surface area contributed by atoms with Gasteiger partial charge in [-0.1, -0.05) is 249 Å². The summed E-state index contributed by atoms with van der Waals surface area (Å²) in [5.41, 5.74) is 21.4. The van der Waals surface area contributed by atoms with Crippen molar-refractivity contribution in [1.29, 1.82) is 0 Å². The molecule has 0 radical (unpaired) electrons. The van der Waals surface area contributed by atoms with Crippen LogP contribution in [0.25, 0.3) is 82.1 Å². The minimum Gasteiger partial charge on any atom is -0.310 e. The molecule has 0 saturated heterocycles. The number of nitrogens with zero attached hydrogens (tertiary/aromatic N) is 2. The fraction of sp³-hybridized carbons (Fsp3) is 0.350. The van der Waals surface area contributed by atoms with Crippen molar-refractivity contribution >= 4 is 71.2 Å². The van der Waals surface area contributed by atoms with E-state index in [1.807, 2.05) is 0 Å². The van der Waals surface area contributed by atoms with Gasteiger partial charge in [0.25, 0.3) is 0 Å². The molecule has 0 N–H and O–H groups in total. The monoisotopic (exact) mass is 1080 g/mol. The quantitative estimate of drug-likeness (QED) is 0.151. The van der Waals surface area contributed by atoms with Crippen LogP contribution in [0.2, 0.25) is 0 Å². The van der Waals surface area contributed by atoms with Crippen LogP contribution in [0.5, 0.6) is 0 Å². The summed E-state index contributed by atoms with van der Waals surface area (Å²) in [5.74, 6) is 0. The van der Waals surface area contributed by atoms with E-state index in [0.29, 0.717) is 0 Å². The van der Waals surface area contributed by atoms with Crippen molar-refractivity contribution in [3.63, 3.8) is 0 Å². The molecule has 0 spiro atoms. The molecule has 1 aromatic heterocycles. The standard InChI is InChI=1S/C80H90N2/c1-74(2,3)53-28-35-62(52-40-56(77(10,11)12)42-57(41-52)78(13,14)15)65(46-53)49-22-31-60(32-23-49)81(61-44-58(79(16,17)18)43-59(45-61)80(19,20)21)68-36-26-50-25-34-64-69(37-27-51-24-33-63(68)72(50)73(51)64)82-70-38-29-54(75(4,5)6)47-66(70)67-48-55(76(7,8)9)30-39-71(67)82/h22-48H,1-21H3. The SMILES string of the molecule is CC(C)(C)c1cc(-c2ccc(C(C)(C)C)cc2-c2ccc(N(c3cc(C(C)(C)C)cc(C(C)(C)C)c3)c3ccc4ccc5c(-n6c7ccc(C(C)(C)C)cc7c7cc(C(C)(C)C)ccc76)ccc6ccc3c4c65)cc2)cc(C(C)(C)C)c1. The lowest BCUT2D eigenvalue weighted by atomic mass is 9.77. The number of anilines is 3. The Morgan fingerprint density at radius 1 is 0.268 bits per heavy atom. The van der Waals surface area contributed by atoms with Gasteiger partial charge in [0.05, 0.1) is 22.4 Å². The van der Waals surface area contributed by atoms with E-state index in [0.717, 1.165) is 11.4 Å². The second-order valence-corrected chi connectivity index (χ2v) is 31.4.